The van der Waals surface area contributed by atoms with Crippen molar-refractivity contribution in [1.29, 1.82) is 0 Å². The summed E-state index contributed by atoms with van der Waals surface area (Å²) in [4.78, 5) is 20.6. The van der Waals surface area contributed by atoms with E-state index in [4.69, 9.17) is 24.1 Å². The van der Waals surface area contributed by atoms with Crippen molar-refractivity contribution in [3.63, 3.8) is 0 Å². The van der Waals surface area contributed by atoms with E-state index in [1.165, 1.54) is 13.2 Å². The van der Waals surface area contributed by atoms with Crippen LogP contribution in [0.1, 0.15) is 48.8 Å². The molecule has 11 heteroatoms. The van der Waals surface area contributed by atoms with E-state index in [9.17, 15) is 13.6 Å². The van der Waals surface area contributed by atoms with Gasteiger partial charge in [-0.15, -0.1) is 0 Å². The van der Waals surface area contributed by atoms with Gasteiger partial charge in [0.05, 0.1) is 38.8 Å². The summed E-state index contributed by atoms with van der Waals surface area (Å²) in [5.74, 6) is 0.135. The molecule has 212 valence electrons. The molecule has 2 aromatic rings. The van der Waals surface area contributed by atoms with E-state index in [1.54, 1.807) is 12.3 Å². The van der Waals surface area contributed by atoms with Crippen molar-refractivity contribution in [3.8, 4) is 22.8 Å². The number of imidazole rings is 1. The van der Waals surface area contributed by atoms with Gasteiger partial charge < -0.3 is 34.4 Å². The number of carbonyl (C=O) groups excluding carboxylic acids is 1. The van der Waals surface area contributed by atoms with E-state index < -0.39 is 12.5 Å². The molecule has 0 unspecified atom stereocenters. The number of amides is 1. The number of methoxy groups -OCH3 is 1. The van der Waals surface area contributed by atoms with E-state index in [0.29, 0.717) is 36.9 Å². The normalized spacial score (nSPS) is 17.0. The van der Waals surface area contributed by atoms with Gasteiger partial charge in [-0.25, -0.2) is 4.98 Å². The van der Waals surface area contributed by atoms with Crippen LogP contribution >= 0.6 is 0 Å². The molecule has 1 amide bonds. The quantitative estimate of drug-likeness (QED) is 0.252. The largest absolute Gasteiger partial charge is 0.496 e. The number of ether oxygens (including phenoxy) is 4. The molecule has 0 radical (unpaired) electrons. The summed E-state index contributed by atoms with van der Waals surface area (Å²) >= 11 is 0. The number of aromatic amines is 1. The van der Waals surface area contributed by atoms with Crippen LogP contribution < -0.4 is 14.8 Å². The third-order valence-corrected chi connectivity index (χ3v) is 6.71. The number of carbonyl (C=O) groups is 1. The van der Waals surface area contributed by atoms with Crippen LogP contribution in [0.4, 0.5) is 8.78 Å². The molecule has 4 rings (SSSR count). The van der Waals surface area contributed by atoms with Gasteiger partial charge in [-0.1, -0.05) is 6.08 Å². The Morgan fingerprint density at radius 1 is 1.26 bits per heavy atom. The number of H-pyrrole nitrogens is 1. The Labute approximate surface area is 226 Å². The number of hydrogen-bond donors (Lipinski definition) is 3. The highest BCUT2D eigenvalue weighted by Gasteiger charge is 2.29. The SMILES string of the molecule is C/C=C(COCCO)\C(=C/c1ncc(-c2cc(OC)c(C(=O)NC3CC3)c(OC(F)F)c2)[nH]1)C1CCOCC1. The summed E-state index contributed by atoms with van der Waals surface area (Å²) in [6.07, 6.45) is 8.95. The lowest BCUT2D eigenvalue weighted by atomic mass is 9.86. The number of hydrogen-bond acceptors (Lipinski definition) is 7. The van der Waals surface area contributed by atoms with Crippen molar-refractivity contribution < 1.29 is 37.6 Å². The average molecular weight is 548 g/mol. The standard InChI is InChI=1S/C28H35F2N3O6/c1-3-17(16-38-11-8-34)21(18-6-9-37-10-7-18)14-25-31-15-22(33-25)19-12-23(36-2)26(24(13-19)39-28(29)30)27(35)32-20-4-5-20/h3,12-15,18,20,28,34H,4-11,16H2,1-2H3,(H,31,33)(H,32,35)/b17-3-,21-14+. The van der Waals surface area contributed by atoms with Gasteiger partial charge in [-0.2, -0.15) is 8.78 Å². The maximum absolute atomic E-state index is 13.3. The number of allylic oxidation sites excluding steroid dienone is 1. The van der Waals surface area contributed by atoms with Crippen molar-refractivity contribution in [2.24, 2.45) is 5.92 Å². The number of aromatic nitrogens is 2. The van der Waals surface area contributed by atoms with Crippen molar-refractivity contribution in [2.75, 3.05) is 40.1 Å². The van der Waals surface area contributed by atoms with Crippen LogP contribution in [0.5, 0.6) is 11.5 Å². The number of aliphatic hydroxyl groups is 1. The molecule has 0 spiro atoms. The predicted molar refractivity (Wildman–Crippen MR) is 141 cm³/mol. The summed E-state index contributed by atoms with van der Waals surface area (Å²) in [5.41, 5.74) is 3.00. The number of rotatable bonds is 13. The Balaban J connectivity index is 1.67. The Hall–Kier alpha value is -3.28. The zero-order chi connectivity index (χ0) is 27.8. The molecule has 2 heterocycles. The minimum Gasteiger partial charge on any atom is -0.496 e. The number of halogens is 2. The van der Waals surface area contributed by atoms with Gasteiger partial charge >= 0.3 is 6.61 Å². The van der Waals surface area contributed by atoms with Crippen LogP contribution in [0.15, 0.2) is 35.6 Å². The average Bonchev–Trinajstić information content (AvgIpc) is 3.62. The number of nitrogens with one attached hydrogen (secondary N) is 2. The fourth-order valence-electron chi connectivity index (χ4n) is 4.57. The molecule has 1 aliphatic carbocycles. The lowest BCUT2D eigenvalue weighted by Gasteiger charge is -2.26. The zero-order valence-corrected chi connectivity index (χ0v) is 22.2. The molecule has 1 aromatic carbocycles. The van der Waals surface area contributed by atoms with Crippen LogP contribution in [0.3, 0.4) is 0 Å². The lowest BCUT2D eigenvalue weighted by Crippen LogP contribution is -2.26. The fraction of sp³-hybridized carbons (Fsp3) is 0.500. The summed E-state index contributed by atoms with van der Waals surface area (Å²) in [5, 5.41) is 11.9. The molecule has 0 atom stereocenters. The smallest absolute Gasteiger partial charge is 0.387 e. The monoisotopic (exact) mass is 547 g/mol. The topological polar surface area (TPSA) is 115 Å². The molecule has 1 aromatic heterocycles. The van der Waals surface area contributed by atoms with Gasteiger partial charge in [0.15, 0.2) is 0 Å². The van der Waals surface area contributed by atoms with Crippen LogP contribution in [-0.2, 0) is 9.47 Å². The van der Waals surface area contributed by atoms with Crippen molar-refractivity contribution >= 4 is 12.0 Å². The number of benzene rings is 1. The highest BCUT2D eigenvalue weighted by atomic mass is 19.3. The first-order valence-electron chi connectivity index (χ1n) is 13.1. The third kappa shape index (κ3) is 7.65. The maximum atomic E-state index is 13.3. The number of alkyl halides is 2. The Bertz CT molecular complexity index is 1190. The van der Waals surface area contributed by atoms with Crippen LogP contribution in [-0.4, -0.2) is 73.8 Å². The molecule has 2 fully saturated rings. The molecular formula is C28H35F2N3O6. The van der Waals surface area contributed by atoms with Crippen LogP contribution in [0, 0.1) is 5.92 Å². The molecule has 0 bridgehead atoms. The van der Waals surface area contributed by atoms with Gasteiger partial charge in [0.1, 0.15) is 22.9 Å². The second kappa shape index (κ2) is 13.7. The lowest BCUT2D eigenvalue weighted by molar-refractivity contribution is -0.0502. The van der Waals surface area contributed by atoms with Gasteiger partial charge in [0.2, 0.25) is 0 Å². The minimum absolute atomic E-state index is 0.0317. The fourth-order valence-corrected chi connectivity index (χ4v) is 4.57. The highest BCUT2D eigenvalue weighted by Crippen LogP contribution is 2.37. The predicted octanol–water partition coefficient (Wildman–Crippen LogP) is 4.34. The molecule has 1 saturated heterocycles. The third-order valence-electron chi connectivity index (χ3n) is 6.71. The second-order valence-electron chi connectivity index (χ2n) is 9.44. The summed E-state index contributed by atoms with van der Waals surface area (Å²) in [6, 6.07) is 3.02. The van der Waals surface area contributed by atoms with E-state index in [0.717, 1.165) is 36.8 Å². The van der Waals surface area contributed by atoms with Crippen molar-refractivity contribution in [2.45, 2.75) is 45.3 Å². The van der Waals surface area contributed by atoms with Crippen LogP contribution in [0.2, 0.25) is 0 Å². The minimum atomic E-state index is -3.12. The molecule has 3 N–H and O–H groups in total. The maximum Gasteiger partial charge on any atom is 0.387 e. The van der Waals surface area contributed by atoms with Gasteiger partial charge in [0.25, 0.3) is 5.91 Å². The van der Waals surface area contributed by atoms with E-state index in [2.05, 4.69) is 15.3 Å². The van der Waals surface area contributed by atoms with Crippen molar-refractivity contribution in [3.05, 3.63) is 46.9 Å². The molecule has 39 heavy (non-hydrogen) atoms. The number of nitrogens with zero attached hydrogens (tertiary/aromatic N) is 1. The molecule has 9 nitrogen and oxygen atoms in total. The Morgan fingerprint density at radius 3 is 2.64 bits per heavy atom. The van der Waals surface area contributed by atoms with E-state index in [-0.39, 0.29) is 42.2 Å². The van der Waals surface area contributed by atoms with Gasteiger partial charge in [0, 0.05) is 24.8 Å². The van der Waals surface area contributed by atoms with Gasteiger partial charge in [-0.05, 0) is 67.9 Å². The van der Waals surface area contributed by atoms with Crippen molar-refractivity contribution in [1.82, 2.24) is 15.3 Å². The summed E-state index contributed by atoms with van der Waals surface area (Å²) < 4.78 is 47.9. The first-order valence-corrected chi connectivity index (χ1v) is 13.1. The molecule has 1 saturated carbocycles. The molecule has 2 aliphatic rings. The molecular weight excluding hydrogens is 512 g/mol. The highest BCUT2D eigenvalue weighted by molar-refractivity contribution is 6.01. The zero-order valence-electron chi connectivity index (χ0n) is 22.2. The second-order valence-corrected chi connectivity index (χ2v) is 9.44. The van der Waals surface area contributed by atoms with E-state index >= 15 is 0 Å². The molecule has 1 aliphatic heterocycles. The van der Waals surface area contributed by atoms with Crippen LogP contribution in [0.25, 0.3) is 17.3 Å². The number of aliphatic hydroxyl groups excluding tert-OH is 1. The summed E-state index contributed by atoms with van der Waals surface area (Å²) in [7, 11) is 1.37. The first kappa shape index (κ1) is 28.7. The Kier molecular flexibility index (Phi) is 10.1. The van der Waals surface area contributed by atoms with E-state index in [1.807, 2.05) is 19.1 Å². The first-order chi connectivity index (χ1) is 18.9. The Morgan fingerprint density at radius 2 is 2.00 bits per heavy atom. The van der Waals surface area contributed by atoms with Gasteiger partial charge in [-0.3, -0.25) is 4.79 Å². The summed E-state index contributed by atoms with van der Waals surface area (Å²) in [6.45, 7) is 0.673.